The highest BCUT2D eigenvalue weighted by atomic mass is 16.6. The lowest BCUT2D eigenvalue weighted by Gasteiger charge is -2.20. The fourth-order valence-corrected chi connectivity index (χ4v) is 6.45. The third kappa shape index (κ3) is 4.74. The van der Waals surface area contributed by atoms with Crippen molar-refractivity contribution >= 4 is 55.2 Å². The van der Waals surface area contributed by atoms with E-state index in [2.05, 4.69) is 56.3 Å². The Hall–Kier alpha value is -6.43. The first kappa shape index (κ1) is 30.6. The van der Waals surface area contributed by atoms with E-state index in [4.69, 9.17) is 9.47 Å². The van der Waals surface area contributed by atoms with Crippen LogP contribution in [0.15, 0.2) is 78.9 Å². The highest BCUT2D eigenvalue weighted by Crippen LogP contribution is 2.48. The monoisotopic (exact) mass is 631 g/mol. The minimum Gasteiger partial charge on any atom is -0.492 e. The van der Waals surface area contributed by atoms with E-state index in [0.717, 1.165) is 46.5 Å². The molecule has 0 bridgehead atoms. The fourth-order valence-electron chi connectivity index (χ4n) is 6.45. The van der Waals surface area contributed by atoms with Crippen LogP contribution >= 0.6 is 0 Å². The molecule has 0 fully saturated rings. The standard InChI is InChI=1S/C22H20O2.C13H5N3O7/c1-13-15-9-5-6-10-16(15)14(2)20-19(13)17-11-7-8-12-18(17)21(23-3)22(20)24-4;17-13-9-3-6(14(18)19)1-2-8(9)12-10(13)4-7(15(20)21)5-11(12)16(22)23/h5-12H,1-4H3;1-5H. The average Bonchev–Trinajstić information content (AvgIpc) is 3.36. The van der Waals surface area contributed by atoms with E-state index in [9.17, 15) is 35.1 Å². The number of rotatable bonds is 5. The van der Waals surface area contributed by atoms with E-state index in [1.165, 1.54) is 38.7 Å². The minimum absolute atomic E-state index is 0.0597. The first-order valence-corrected chi connectivity index (χ1v) is 14.2. The van der Waals surface area contributed by atoms with Crippen LogP contribution in [0.1, 0.15) is 27.0 Å². The van der Waals surface area contributed by atoms with Gasteiger partial charge in [0, 0.05) is 45.7 Å². The third-order valence-corrected chi connectivity index (χ3v) is 8.50. The topological polar surface area (TPSA) is 165 Å². The predicted octanol–water partition coefficient (Wildman–Crippen LogP) is 8.40. The summed E-state index contributed by atoms with van der Waals surface area (Å²) in [5.74, 6) is 0.904. The van der Waals surface area contributed by atoms with Gasteiger partial charge in [-0.1, -0.05) is 48.5 Å². The van der Waals surface area contributed by atoms with Crippen LogP contribution in [-0.4, -0.2) is 34.8 Å². The number of nitro groups is 3. The van der Waals surface area contributed by atoms with E-state index in [-0.39, 0.29) is 27.9 Å². The highest BCUT2D eigenvalue weighted by Gasteiger charge is 2.37. The van der Waals surface area contributed by atoms with Crippen LogP contribution in [0.5, 0.6) is 11.5 Å². The molecule has 6 aromatic rings. The van der Waals surface area contributed by atoms with E-state index in [0.29, 0.717) is 0 Å². The zero-order valence-corrected chi connectivity index (χ0v) is 25.5. The van der Waals surface area contributed by atoms with Crippen LogP contribution in [0.2, 0.25) is 0 Å². The van der Waals surface area contributed by atoms with Crippen molar-refractivity contribution in [2.75, 3.05) is 14.2 Å². The Balaban J connectivity index is 0.000000165. The average molecular weight is 632 g/mol. The molecule has 0 amide bonds. The molecule has 7 rings (SSSR count). The van der Waals surface area contributed by atoms with Gasteiger partial charge in [-0.25, -0.2) is 0 Å². The number of benzene rings is 6. The second kappa shape index (κ2) is 11.5. The zero-order chi connectivity index (χ0) is 33.7. The van der Waals surface area contributed by atoms with Gasteiger partial charge >= 0.3 is 0 Å². The Labute approximate surface area is 266 Å². The number of nitro benzene ring substituents is 3. The van der Waals surface area contributed by atoms with Crippen molar-refractivity contribution in [3.63, 3.8) is 0 Å². The molecule has 1 aliphatic carbocycles. The largest absolute Gasteiger partial charge is 0.492 e. The smallest absolute Gasteiger partial charge is 0.284 e. The number of carbonyl (C=O) groups is 1. The third-order valence-electron chi connectivity index (χ3n) is 8.50. The number of carbonyl (C=O) groups excluding carboxylic acids is 1. The predicted molar refractivity (Wildman–Crippen MR) is 177 cm³/mol. The summed E-state index contributed by atoms with van der Waals surface area (Å²) >= 11 is 0. The number of nitrogens with zero attached hydrogens (tertiary/aromatic N) is 3. The molecule has 1 aliphatic rings. The summed E-state index contributed by atoms with van der Waals surface area (Å²) in [6.45, 7) is 4.36. The van der Waals surface area contributed by atoms with E-state index >= 15 is 0 Å². The SMILES string of the molecule is COc1c(OC)c2c(C)c3ccccc3c(C)c2c2ccccc12.O=C1c2cc([N+](=O)[O-])ccc2-c2c1cc([N+](=O)[O-])cc2[N+](=O)[O-]. The number of ether oxygens (including phenoxy) is 2. The van der Waals surface area contributed by atoms with Crippen LogP contribution in [0, 0.1) is 44.2 Å². The van der Waals surface area contributed by atoms with Crippen molar-refractivity contribution in [3.05, 3.63) is 131 Å². The lowest BCUT2D eigenvalue weighted by Crippen LogP contribution is -2.00. The summed E-state index contributed by atoms with van der Waals surface area (Å²) in [6.07, 6.45) is 0. The number of aryl methyl sites for hydroxylation is 2. The second-order valence-electron chi connectivity index (χ2n) is 10.9. The number of non-ortho nitro benzene ring substituents is 2. The minimum atomic E-state index is -0.841. The lowest BCUT2D eigenvalue weighted by molar-refractivity contribution is -0.393. The number of hydrogen-bond donors (Lipinski definition) is 0. The van der Waals surface area contributed by atoms with Crippen LogP contribution in [-0.2, 0) is 0 Å². The van der Waals surface area contributed by atoms with Crippen molar-refractivity contribution < 1.29 is 29.0 Å². The summed E-state index contributed by atoms with van der Waals surface area (Å²) in [4.78, 5) is 42.8. The highest BCUT2D eigenvalue weighted by molar-refractivity contribution is 6.24. The van der Waals surface area contributed by atoms with E-state index in [1.807, 2.05) is 6.07 Å². The number of fused-ring (bicyclic) bond motifs is 7. The molecule has 0 spiro atoms. The van der Waals surface area contributed by atoms with E-state index < -0.39 is 31.9 Å². The van der Waals surface area contributed by atoms with Crippen LogP contribution in [0.3, 0.4) is 0 Å². The van der Waals surface area contributed by atoms with Crippen molar-refractivity contribution in [1.82, 2.24) is 0 Å². The molecule has 0 radical (unpaired) electrons. The van der Waals surface area contributed by atoms with Crippen LogP contribution in [0.25, 0.3) is 43.4 Å². The summed E-state index contributed by atoms with van der Waals surface area (Å²) < 4.78 is 11.6. The normalized spacial score (nSPS) is 11.5. The molecule has 0 heterocycles. The van der Waals surface area contributed by atoms with Gasteiger partial charge in [-0.2, -0.15) is 0 Å². The first-order chi connectivity index (χ1) is 22.5. The molecule has 6 aromatic carbocycles. The summed E-state index contributed by atoms with van der Waals surface area (Å²) in [5, 5.41) is 40.1. The van der Waals surface area contributed by atoms with Crippen molar-refractivity contribution in [1.29, 1.82) is 0 Å². The maximum absolute atomic E-state index is 12.3. The van der Waals surface area contributed by atoms with Gasteiger partial charge in [0.05, 0.1) is 40.6 Å². The van der Waals surface area contributed by atoms with Gasteiger partial charge in [0.15, 0.2) is 17.3 Å². The molecule has 12 heteroatoms. The molecule has 0 atom stereocenters. The Morgan fingerprint density at radius 1 is 0.553 bits per heavy atom. The molecule has 0 aromatic heterocycles. The van der Waals surface area contributed by atoms with Crippen molar-refractivity contribution in [2.24, 2.45) is 0 Å². The van der Waals surface area contributed by atoms with Gasteiger partial charge in [-0.3, -0.25) is 35.1 Å². The van der Waals surface area contributed by atoms with Crippen molar-refractivity contribution in [3.8, 4) is 22.6 Å². The number of methoxy groups -OCH3 is 2. The zero-order valence-electron chi connectivity index (χ0n) is 25.5. The summed E-state index contributed by atoms with van der Waals surface area (Å²) in [7, 11) is 3.43. The summed E-state index contributed by atoms with van der Waals surface area (Å²) in [6, 6.07) is 22.0. The van der Waals surface area contributed by atoms with Gasteiger partial charge in [-0.05, 0) is 52.6 Å². The molecule has 0 aliphatic heterocycles. The molecule has 12 nitrogen and oxygen atoms in total. The van der Waals surface area contributed by atoms with Gasteiger partial charge in [0.25, 0.3) is 17.1 Å². The van der Waals surface area contributed by atoms with Gasteiger partial charge in [0.1, 0.15) is 0 Å². The molecule has 234 valence electrons. The van der Waals surface area contributed by atoms with Crippen LogP contribution in [0.4, 0.5) is 17.1 Å². The molecule has 0 unspecified atom stereocenters. The van der Waals surface area contributed by atoms with Gasteiger partial charge < -0.3 is 9.47 Å². The molecule has 0 saturated carbocycles. The second-order valence-corrected chi connectivity index (χ2v) is 10.9. The quantitative estimate of drug-likeness (QED) is 0.0784. The Kier molecular flexibility index (Phi) is 7.48. The Morgan fingerprint density at radius 3 is 1.64 bits per heavy atom. The molecular formula is C35H25N3O9. The molecule has 0 saturated heterocycles. The molecular weight excluding hydrogens is 606 g/mol. The van der Waals surface area contributed by atoms with Gasteiger partial charge in [0.2, 0.25) is 0 Å². The molecule has 47 heavy (non-hydrogen) atoms. The first-order valence-electron chi connectivity index (χ1n) is 14.2. The Morgan fingerprint density at radius 2 is 1.09 bits per heavy atom. The summed E-state index contributed by atoms with van der Waals surface area (Å²) in [5.41, 5.74) is 0.783. The van der Waals surface area contributed by atoms with Crippen LogP contribution < -0.4 is 9.47 Å². The molecule has 0 N–H and O–H groups in total. The van der Waals surface area contributed by atoms with Crippen molar-refractivity contribution in [2.45, 2.75) is 13.8 Å². The maximum atomic E-state index is 12.3. The van der Waals surface area contributed by atoms with E-state index in [1.54, 1.807) is 14.2 Å². The lowest BCUT2D eigenvalue weighted by atomic mass is 9.89. The number of hydrogen-bond acceptors (Lipinski definition) is 9. The maximum Gasteiger partial charge on any atom is 0.284 e. The van der Waals surface area contributed by atoms with Gasteiger partial charge in [-0.15, -0.1) is 0 Å². The Bertz CT molecular complexity index is 2370. The number of ketones is 1. The fraction of sp³-hybridized carbons (Fsp3) is 0.114.